The number of aryl methyl sites for hydroxylation is 1. The normalized spacial score (nSPS) is 15.5. The molecule has 0 atom stereocenters. The van der Waals surface area contributed by atoms with Crippen LogP contribution in [0.1, 0.15) is 29.9 Å². The van der Waals surface area contributed by atoms with Gasteiger partial charge in [-0.1, -0.05) is 30.3 Å². The van der Waals surface area contributed by atoms with E-state index in [4.69, 9.17) is 0 Å². The zero-order valence-corrected chi connectivity index (χ0v) is 15.1. The predicted molar refractivity (Wildman–Crippen MR) is 101 cm³/mol. The summed E-state index contributed by atoms with van der Waals surface area (Å²) < 4.78 is 2.37. The van der Waals surface area contributed by atoms with E-state index in [0.29, 0.717) is 24.6 Å². The molecule has 2 aromatic rings. The van der Waals surface area contributed by atoms with E-state index in [0.717, 1.165) is 17.4 Å². The number of hydrogen-bond donors (Lipinski definition) is 0. The number of amides is 1. The molecule has 1 aromatic heterocycles. The first-order valence-electron chi connectivity index (χ1n) is 8.76. The van der Waals surface area contributed by atoms with Crippen LogP contribution in [0.3, 0.4) is 0 Å². The summed E-state index contributed by atoms with van der Waals surface area (Å²) in [6.07, 6.45) is 6.24. The van der Waals surface area contributed by atoms with Gasteiger partial charge in [-0.05, 0) is 30.4 Å². The Morgan fingerprint density at radius 2 is 1.73 bits per heavy atom. The fourth-order valence-corrected chi connectivity index (χ4v) is 3.38. The Hall–Kier alpha value is -2.89. The summed E-state index contributed by atoms with van der Waals surface area (Å²) in [6.45, 7) is 1.40. The molecule has 1 aromatic carbocycles. The van der Waals surface area contributed by atoms with E-state index in [1.54, 1.807) is 7.05 Å². The van der Waals surface area contributed by atoms with Crippen LogP contribution in [0, 0.1) is 0 Å². The smallest absolute Gasteiger partial charge is 0.330 e. The van der Waals surface area contributed by atoms with Gasteiger partial charge in [0.25, 0.3) is 5.56 Å². The molecule has 0 radical (unpaired) electrons. The molecule has 1 aliphatic rings. The molecular formula is C20H23N3O3. The summed E-state index contributed by atoms with van der Waals surface area (Å²) in [5.41, 5.74) is 0.854. The van der Waals surface area contributed by atoms with Gasteiger partial charge in [0.05, 0.1) is 5.56 Å². The lowest BCUT2D eigenvalue weighted by molar-refractivity contribution is -0.126. The van der Waals surface area contributed by atoms with Crippen molar-refractivity contribution in [2.45, 2.75) is 18.8 Å². The van der Waals surface area contributed by atoms with Crippen molar-refractivity contribution in [1.82, 2.24) is 14.0 Å². The molecule has 2 heterocycles. The number of aromatic nitrogens is 2. The molecule has 0 aliphatic carbocycles. The predicted octanol–water partition coefficient (Wildman–Crippen LogP) is 1.50. The largest absolute Gasteiger partial charge is 0.339 e. The first-order chi connectivity index (χ1) is 12.5. The molecule has 1 saturated heterocycles. The highest BCUT2D eigenvalue weighted by Crippen LogP contribution is 2.27. The molecule has 136 valence electrons. The van der Waals surface area contributed by atoms with Crippen LogP contribution in [0.15, 0.2) is 52.2 Å². The third-order valence-electron chi connectivity index (χ3n) is 4.96. The molecule has 0 unspecified atom stereocenters. The highest BCUT2D eigenvalue weighted by Gasteiger charge is 2.22. The minimum atomic E-state index is -0.403. The minimum absolute atomic E-state index is 0.104. The van der Waals surface area contributed by atoms with E-state index in [9.17, 15) is 14.4 Å². The van der Waals surface area contributed by atoms with Gasteiger partial charge in [0.1, 0.15) is 0 Å². The number of likely N-dealkylation sites (tertiary alicyclic amines) is 1. The number of carbonyl (C=O) groups excluding carboxylic acids is 1. The lowest BCUT2D eigenvalue weighted by Gasteiger charge is -2.31. The van der Waals surface area contributed by atoms with Crippen molar-refractivity contribution in [2.75, 3.05) is 13.1 Å². The molecule has 6 heteroatoms. The quantitative estimate of drug-likeness (QED) is 0.786. The number of hydrogen-bond acceptors (Lipinski definition) is 3. The van der Waals surface area contributed by atoms with Crippen LogP contribution in [0.25, 0.3) is 6.08 Å². The highest BCUT2D eigenvalue weighted by atomic mass is 16.2. The zero-order valence-electron chi connectivity index (χ0n) is 15.1. The summed E-state index contributed by atoms with van der Waals surface area (Å²) in [5.74, 6) is 0.382. The summed E-state index contributed by atoms with van der Waals surface area (Å²) in [7, 11) is 3.01. The van der Waals surface area contributed by atoms with Crippen molar-refractivity contribution in [3.63, 3.8) is 0 Å². The van der Waals surface area contributed by atoms with Crippen LogP contribution >= 0.6 is 0 Å². The third kappa shape index (κ3) is 3.69. The number of nitrogens with zero attached hydrogens (tertiary/aromatic N) is 3. The molecule has 6 nitrogen and oxygen atoms in total. The van der Waals surface area contributed by atoms with Gasteiger partial charge in [-0.15, -0.1) is 0 Å². The zero-order chi connectivity index (χ0) is 18.7. The molecule has 3 rings (SSSR count). The Morgan fingerprint density at radius 3 is 2.38 bits per heavy atom. The lowest BCUT2D eigenvalue weighted by atomic mass is 9.89. The lowest BCUT2D eigenvalue weighted by Crippen LogP contribution is -2.38. The molecule has 0 N–H and O–H groups in total. The molecule has 1 fully saturated rings. The maximum atomic E-state index is 12.4. The average molecular weight is 353 g/mol. The van der Waals surface area contributed by atoms with Gasteiger partial charge in [-0.3, -0.25) is 14.2 Å². The van der Waals surface area contributed by atoms with Crippen LogP contribution in [-0.4, -0.2) is 33.0 Å². The van der Waals surface area contributed by atoms with Gasteiger partial charge in [0, 0.05) is 39.5 Å². The van der Waals surface area contributed by atoms with E-state index < -0.39 is 5.56 Å². The Kier molecular flexibility index (Phi) is 5.21. The Bertz CT molecular complexity index is 933. The van der Waals surface area contributed by atoms with Crippen molar-refractivity contribution in [3.05, 3.63) is 74.6 Å². The number of carbonyl (C=O) groups is 1. The second-order valence-corrected chi connectivity index (χ2v) is 6.69. The first-order valence-corrected chi connectivity index (χ1v) is 8.76. The summed E-state index contributed by atoms with van der Waals surface area (Å²) >= 11 is 0. The molecule has 0 saturated carbocycles. The Labute approximate surface area is 152 Å². The van der Waals surface area contributed by atoms with E-state index in [1.165, 1.54) is 35.5 Å². The van der Waals surface area contributed by atoms with Gasteiger partial charge in [0.2, 0.25) is 5.91 Å². The maximum absolute atomic E-state index is 12.4. The summed E-state index contributed by atoms with van der Waals surface area (Å²) in [6, 6.07) is 10.4. The van der Waals surface area contributed by atoms with Crippen LogP contribution in [0.4, 0.5) is 0 Å². The van der Waals surface area contributed by atoms with Crippen molar-refractivity contribution in [3.8, 4) is 0 Å². The Balaban J connectivity index is 1.66. The summed E-state index contributed by atoms with van der Waals surface area (Å²) in [5, 5.41) is 0. The van der Waals surface area contributed by atoms with Crippen LogP contribution in [-0.2, 0) is 18.9 Å². The number of piperidine rings is 1. The standard InChI is InChI=1S/C20H23N3O3/c1-21-14-17(19(25)22(2)20(21)26)8-9-18(24)23-12-10-16(11-13-23)15-6-4-3-5-7-15/h3-9,14,16H,10-13H2,1-2H3/b9-8+. The van der Waals surface area contributed by atoms with Gasteiger partial charge >= 0.3 is 5.69 Å². The number of rotatable bonds is 3. The molecule has 0 bridgehead atoms. The van der Waals surface area contributed by atoms with Crippen LogP contribution in [0.5, 0.6) is 0 Å². The van der Waals surface area contributed by atoms with Gasteiger partial charge < -0.3 is 9.47 Å². The van der Waals surface area contributed by atoms with Gasteiger partial charge in [-0.2, -0.15) is 0 Å². The van der Waals surface area contributed by atoms with E-state index in [1.807, 2.05) is 23.1 Å². The molecule has 0 spiro atoms. The second kappa shape index (κ2) is 7.56. The van der Waals surface area contributed by atoms with Crippen LogP contribution in [0.2, 0.25) is 0 Å². The Morgan fingerprint density at radius 1 is 1.08 bits per heavy atom. The van der Waals surface area contributed by atoms with Crippen molar-refractivity contribution in [1.29, 1.82) is 0 Å². The fraction of sp³-hybridized carbons (Fsp3) is 0.350. The highest BCUT2D eigenvalue weighted by molar-refractivity contribution is 5.91. The maximum Gasteiger partial charge on any atom is 0.330 e. The third-order valence-corrected chi connectivity index (χ3v) is 4.96. The molecule has 1 aliphatic heterocycles. The van der Waals surface area contributed by atoms with Crippen LogP contribution < -0.4 is 11.2 Å². The van der Waals surface area contributed by atoms with Gasteiger partial charge in [0.15, 0.2) is 0 Å². The topological polar surface area (TPSA) is 64.3 Å². The van der Waals surface area contributed by atoms with E-state index in [-0.39, 0.29) is 11.6 Å². The van der Waals surface area contributed by atoms with Crippen molar-refractivity contribution < 1.29 is 4.79 Å². The van der Waals surface area contributed by atoms with Gasteiger partial charge in [-0.25, -0.2) is 4.79 Å². The van der Waals surface area contributed by atoms with Crippen molar-refractivity contribution in [2.24, 2.45) is 14.1 Å². The van der Waals surface area contributed by atoms with Crippen molar-refractivity contribution >= 4 is 12.0 Å². The molecular weight excluding hydrogens is 330 g/mol. The van der Waals surface area contributed by atoms with E-state index >= 15 is 0 Å². The first kappa shape index (κ1) is 17.9. The SMILES string of the molecule is Cn1cc(/C=C/C(=O)N2CCC(c3ccccc3)CC2)c(=O)n(C)c1=O. The second-order valence-electron chi connectivity index (χ2n) is 6.69. The molecule has 26 heavy (non-hydrogen) atoms. The van der Waals surface area contributed by atoms with E-state index in [2.05, 4.69) is 12.1 Å². The fourth-order valence-electron chi connectivity index (χ4n) is 3.38. The average Bonchev–Trinajstić information content (AvgIpc) is 2.68. The molecule has 1 amide bonds. The number of benzene rings is 1. The monoisotopic (exact) mass is 353 g/mol. The minimum Gasteiger partial charge on any atom is -0.339 e. The summed E-state index contributed by atoms with van der Waals surface area (Å²) in [4.78, 5) is 38.0.